The summed E-state index contributed by atoms with van der Waals surface area (Å²) < 4.78 is 1.05. The monoisotopic (exact) mass is 345 g/mol. The lowest BCUT2D eigenvalue weighted by Crippen LogP contribution is -2.33. The summed E-state index contributed by atoms with van der Waals surface area (Å²) in [4.78, 5) is 13.9. The first-order valence-electron chi connectivity index (χ1n) is 5.67. The minimum Gasteiger partial charge on any atom is -0.326 e. The summed E-state index contributed by atoms with van der Waals surface area (Å²) in [5.41, 5.74) is 6.68. The highest BCUT2D eigenvalue weighted by Crippen LogP contribution is 2.17. The number of halogens is 1. The second-order valence-electron chi connectivity index (χ2n) is 4.31. The number of anilines is 1. The Hall–Kier alpha value is -0.660. The lowest BCUT2D eigenvalue weighted by Gasteiger charge is -2.15. The smallest absolute Gasteiger partial charge is 0.238 e. The number of hydrogen-bond donors (Lipinski definition) is 2. The third kappa shape index (κ3) is 3.65. The van der Waals surface area contributed by atoms with Crippen molar-refractivity contribution < 1.29 is 4.79 Å². The molecule has 0 aliphatic carbocycles. The van der Waals surface area contributed by atoms with Crippen molar-refractivity contribution in [2.75, 3.05) is 25.0 Å². The van der Waals surface area contributed by atoms with Gasteiger partial charge in [-0.25, -0.2) is 0 Å². The maximum atomic E-state index is 11.8. The van der Waals surface area contributed by atoms with Gasteiger partial charge in [-0.1, -0.05) is 12.1 Å². The number of nitrogens with one attached hydrogen (secondary N) is 1. The Kier molecular flexibility index (Phi) is 4.36. The van der Waals surface area contributed by atoms with E-state index in [4.69, 9.17) is 5.73 Å². The van der Waals surface area contributed by atoms with Gasteiger partial charge in [-0.2, -0.15) is 0 Å². The van der Waals surface area contributed by atoms with Crippen molar-refractivity contribution in [3.63, 3.8) is 0 Å². The first-order valence-corrected chi connectivity index (χ1v) is 6.75. The van der Waals surface area contributed by atoms with E-state index < -0.39 is 0 Å². The van der Waals surface area contributed by atoms with Gasteiger partial charge >= 0.3 is 0 Å². The summed E-state index contributed by atoms with van der Waals surface area (Å²) in [6.45, 7) is 2.17. The molecule has 0 spiro atoms. The fraction of sp³-hybridized carbons (Fsp3) is 0.417. The highest BCUT2D eigenvalue weighted by Gasteiger charge is 2.21. The minimum absolute atomic E-state index is 0.0308. The van der Waals surface area contributed by atoms with Crippen LogP contribution in [0.2, 0.25) is 0 Å². The number of likely N-dealkylation sites (tertiary alicyclic amines) is 1. The summed E-state index contributed by atoms with van der Waals surface area (Å²) >= 11 is 2.21. The van der Waals surface area contributed by atoms with Crippen LogP contribution in [0.3, 0.4) is 0 Å². The van der Waals surface area contributed by atoms with Crippen molar-refractivity contribution >= 4 is 34.2 Å². The van der Waals surface area contributed by atoms with E-state index in [1.54, 1.807) is 0 Å². The van der Waals surface area contributed by atoms with Crippen molar-refractivity contribution in [2.24, 2.45) is 5.73 Å². The van der Waals surface area contributed by atoms with E-state index in [1.807, 2.05) is 24.3 Å². The van der Waals surface area contributed by atoms with E-state index in [-0.39, 0.29) is 11.9 Å². The van der Waals surface area contributed by atoms with Gasteiger partial charge in [0.1, 0.15) is 0 Å². The summed E-state index contributed by atoms with van der Waals surface area (Å²) in [6.07, 6.45) is 0.982. The molecule has 1 amide bonds. The quantitative estimate of drug-likeness (QED) is 0.811. The van der Waals surface area contributed by atoms with E-state index in [0.717, 1.165) is 28.8 Å². The number of hydrogen-bond acceptors (Lipinski definition) is 3. The van der Waals surface area contributed by atoms with Gasteiger partial charge in [0.2, 0.25) is 5.91 Å². The Morgan fingerprint density at radius 1 is 1.53 bits per heavy atom. The number of rotatable bonds is 3. The molecular weight excluding hydrogens is 329 g/mol. The van der Waals surface area contributed by atoms with Gasteiger partial charge in [0, 0.05) is 22.7 Å². The number of amides is 1. The number of para-hydroxylation sites is 1. The van der Waals surface area contributed by atoms with E-state index in [1.165, 1.54) is 0 Å². The first kappa shape index (κ1) is 12.8. The van der Waals surface area contributed by atoms with Gasteiger partial charge < -0.3 is 11.1 Å². The van der Waals surface area contributed by atoms with Crippen LogP contribution in [0.15, 0.2) is 24.3 Å². The molecular formula is C12H16IN3O. The third-order valence-corrected chi connectivity index (χ3v) is 3.76. The number of carbonyl (C=O) groups excluding carboxylic acids is 1. The van der Waals surface area contributed by atoms with Crippen LogP contribution in [0.4, 0.5) is 5.69 Å². The van der Waals surface area contributed by atoms with Crippen LogP contribution >= 0.6 is 22.6 Å². The molecule has 1 aliphatic rings. The third-order valence-electron chi connectivity index (χ3n) is 2.82. The lowest BCUT2D eigenvalue weighted by molar-refractivity contribution is -0.117. The van der Waals surface area contributed by atoms with Gasteiger partial charge in [-0.05, 0) is 41.1 Å². The van der Waals surface area contributed by atoms with Crippen LogP contribution in [0, 0.1) is 3.57 Å². The van der Waals surface area contributed by atoms with Gasteiger partial charge in [-0.15, -0.1) is 0 Å². The normalized spacial score (nSPS) is 20.5. The summed E-state index contributed by atoms with van der Waals surface area (Å²) in [5, 5.41) is 2.92. The second-order valence-corrected chi connectivity index (χ2v) is 5.47. The standard InChI is InChI=1S/C12H16IN3O/c13-10-3-1-2-4-11(10)15-12(17)8-16-6-5-9(14)7-16/h1-4,9H,5-8,14H2,(H,15,17)/t9-/m1/s1. The fourth-order valence-corrected chi connectivity index (χ4v) is 2.48. The summed E-state index contributed by atoms with van der Waals surface area (Å²) in [5.74, 6) is 0.0308. The molecule has 2 rings (SSSR count). The first-order chi connectivity index (χ1) is 8.15. The van der Waals surface area contributed by atoms with Crippen LogP contribution < -0.4 is 11.1 Å². The zero-order valence-electron chi connectivity index (χ0n) is 9.53. The molecule has 1 atom stereocenters. The predicted molar refractivity (Wildman–Crippen MR) is 76.8 cm³/mol. The van der Waals surface area contributed by atoms with Gasteiger partial charge in [-0.3, -0.25) is 9.69 Å². The highest BCUT2D eigenvalue weighted by atomic mass is 127. The molecule has 5 heteroatoms. The van der Waals surface area contributed by atoms with Crippen molar-refractivity contribution in [3.05, 3.63) is 27.8 Å². The maximum Gasteiger partial charge on any atom is 0.238 e. The number of benzene rings is 1. The molecule has 0 radical (unpaired) electrons. The minimum atomic E-state index is 0.0308. The largest absolute Gasteiger partial charge is 0.326 e. The molecule has 17 heavy (non-hydrogen) atoms. The van der Waals surface area contributed by atoms with Gasteiger partial charge in [0.15, 0.2) is 0 Å². The lowest BCUT2D eigenvalue weighted by atomic mass is 10.3. The molecule has 1 fully saturated rings. The van der Waals surface area contributed by atoms with E-state index in [2.05, 4.69) is 32.8 Å². The van der Waals surface area contributed by atoms with E-state index >= 15 is 0 Å². The van der Waals surface area contributed by atoms with Crippen molar-refractivity contribution in [3.8, 4) is 0 Å². The van der Waals surface area contributed by atoms with Crippen LogP contribution in [0.5, 0.6) is 0 Å². The molecule has 0 saturated carbocycles. The molecule has 0 bridgehead atoms. The van der Waals surface area contributed by atoms with E-state index in [0.29, 0.717) is 6.54 Å². The zero-order chi connectivity index (χ0) is 12.3. The zero-order valence-corrected chi connectivity index (χ0v) is 11.7. The molecule has 1 aromatic rings. The second kappa shape index (κ2) is 5.79. The highest BCUT2D eigenvalue weighted by molar-refractivity contribution is 14.1. The Bertz CT molecular complexity index is 410. The van der Waals surface area contributed by atoms with Crippen LogP contribution in [-0.2, 0) is 4.79 Å². The molecule has 1 saturated heterocycles. The SMILES string of the molecule is N[C@@H]1CCN(CC(=O)Nc2ccccc2I)C1. The molecule has 1 aliphatic heterocycles. The molecule has 4 nitrogen and oxygen atoms in total. The van der Waals surface area contributed by atoms with Gasteiger partial charge in [0.05, 0.1) is 12.2 Å². The number of nitrogens with two attached hydrogens (primary N) is 1. The summed E-state index contributed by atoms with van der Waals surface area (Å²) in [7, 11) is 0. The van der Waals surface area contributed by atoms with Gasteiger partial charge in [0.25, 0.3) is 0 Å². The molecule has 1 heterocycles. The Morgan fingerprint density at radius 2 is 2.29 bits per heavy atom. The molecule has 92 valence electrons. The van der Waals surface area contributed by atoms with Crippen molar-refractivity contribution in [2.45, 2.75) is 12.5 Å². The van der Waals surface area contributed by atoms with Crippen LogP contribution in [0.1, 0.15) is 6.42 Å². The topological polar surface area (TPSA) is 58.4 Å². The van der Waals surface area contributed by atoms with E-state index in [9.17, 15) is 4.79 Å². The number of nitrogens with zero attached hydrogens (tertiary/aromatic N) is 1. The summed E-state index contributed by atoms with van der Waals surface area (Å²) in [6, 6.07) is 7.98. The maximum absolute atomic E-state index is 11.8. The average molecular weight is 345 g/mol. The average Bonchev–Trinajstić information content (AvgIpc) is 2.67. The Balaban J connectivity index is 1.87. The van der Waals surface area contributed by atoms with Crippen LogP contribution in [-0.4, -0.2) is 36.5 Å². The fourth-order valence-electron chi connectivity index (χ4n) is 1.96. The number of carbonyl (C=O) groups is 1. The predicted octanol–water partition coefficient (Wildman–Crippen LogP) is 1.26. The Labute approximate surface area is 115 Å². The molecule has 3 N–H and O–H groups in total. The molecule has 1 aromatic carbocycles. The Morgan fingerprint density at radius 3 is 2.94 bits per heavy atom. The molecule has 0 unspecified atom stereocenters. The van der Waals surface area contributed by atoms with Crippen molar-refractivity contribution in [1.29, 1.82) is 0 Å². The van der Waals surface area contributed by atoms with Crippen molar-refractivity contribution in [1.82, 2.24) is 4.90 Å². The van der Waals surface area contributed by atoms with Crippen LogP contribution in [0.25, 0.3) is 0 Å². The molecule has 0 aromatic heterocycles.